The molecule has 5 rings (SSSR count). The van der Waals surface area contributed by atoms with Crippen LogP contribution in [0.1, 0.15) is 108 Å². The molecule has 0 radical (unpaired) electrons. The molecule has 1 aromatic carbocycles. The number of aliphatic hydroxyl groups is 1. The van der Waals surface area contributed by atoms with Crippen molar-refractivity contribution in [2.75, 3.05) is 40.0 Å². The molecule has 4 heterocycles. The lowest BCUT2D eigenvalue weighted by molar-refractivity contribution is -0.295. The summed E-state index contributed by atoms with van der Waals surface area (Å²) >= 11 is 0. The first kappa shape index (κ1) is 52.8. The standard InChI is InChI=1S/C48H77N7O11/c1-14-37-48(10)41(55(45(60)66-48)21-16-15-20-54-27-35(51-52-54)32-18-17-19-33(49)23-32)31(5)50-26-28(2)25-47(9,61-13)42(64-44-40(58)36(53(11)12)22-29(3)62-44)30(4)39(57)34(43(59)63-37)24-38(56)65-46(6,7)8/h17-19,23,27-31,34,36-37,40-42,44,50,58H,14-16,20-22,24-26,49H2,1-13H3/t28-,29-,30+,31-,34-,36?,37-,40?,41-,42-,44+,47-,48-/m1/s1. The number of nitrogens with two attached hydrogens (primary N) is 1. The minimum absolute atomic E-state index is 0.100. The van der Waals surface area contributed by atoms with Gasteiger partial charge in [-0.15, -0.1) is 5.10 Å². The van der Waals surface area contributed by atoms with Crippen LogP contribution in [0.2, 0.25) is 0 Å². The summed E-state index contributed by atoms with van der Waals surface area (Å²) in [7, 11) is 5.29. The van der Waals surface area contributed by atoms with Crippen LogP contribution < -0.4 is 11.1 Å². The zero-order valence-corrected chi connectivity index (χ0v) is 41.4. The summed E-state index contributed by atoms with van der Waals surface area (Å²) in [5.41, 5.74) is 4.71. The number of likely N-dealkylation sites (N-methyl/N-ethyl adjacent to an activating group) is 1. The molecule has 1 aromatic heterocycles. The number of ketones is 1. The van der Waals surface area contributed by atoms with Crippen molar-refractivity contribution in [2.24, 2.45) is 17.8 Å². The molecular weight excluding hydrogens is 851 g/mol. The predicted molar refractivity (Wildman–Crippen MR) is 247 cm³/mol. The number of anilines is 1. The Hall–Kier alpha value is -4.20. The van der Waals surface area contributed by atoms with E-state index in [0.29, 0.717) is 56.7 Å². The van der Waals surface area contributed by atoms with E-state index in [1.165, 1.54) is 0 Å². The van der Waals surface area contributed by atoms with Crippen molar-refractivity contribution >= 4 is 29.5 Å². The number of Topliss-reactive ketones (excluding diaryl/α,β-unsaturated/α-hetero) is 1. The first-order valence-corrected chi connectivity index (χ1v) is 23.6. The molecule has 0 bridgehead atoms. The van der Waals surface area contributed by atoms with Crippen molar-refractivity contribution < 1.29 is 52.7 Å². The number of nitrogens with one attached hydrogen (secondary N) is 1. The number of aliphatic hydroxyl groups excluding tert-OH is 1. The quantitative estimate of drug-likeness (QED) is 0.0792. The van der Waals surface area contributed by atoms with Gasteiger partial charge in [-0.05, 0) is 119 Å². The third-order valence-corrected chi connectivity index (χ3v) is 13.5. The van der Waals surface area contributed by atoms with E-state index in [1.807, 2.05) is 77.2 Å². The first-order chi connectivity index (χ1) is 30.9. The van der Waals surface area contributed by atoms with E-state index in [2.05, 4.69) is 22.6 Å². The number of cyclic esters (lactones) is 1. The molecule has 370 valence electrons. The molecular formula is C48H77N7O11. The zero-order chi connectivity index (χ0) is 48.9. The highest BCUT2D eigenvalue weighted by Crippen LogP contribution is 2.40. The minimum Gasteiger partial charge on any atom is -0.460 e. The van der Waals surface area contributed by atoms with Crippen LogP contribution in [0.3, 0.4) is 0 Å². The molecule has 3 aliphatic rings. The van der Waals surface area contributed by atoms with E-state index in [4.69, 9.17) is 34.2 Å². The number of unbranched alkanes of at least 4 members (excludes halogenated alkanes) is 1. The lowest BCUT2D eigenvalue weighted by Gasteiger charge is -2.46. The number of nitrogens with zero attached hydrogens (tertiary/aromatic N) is 5. The van der Waals surface area contributed by atoms with Gasteiger partial charge >= 0.3 is 18.0 Å². The fourth-order valence-electron chi connectivity index (χ4n) is 10.1. The van der Waals surface area contributed by atoms with Gasteiger partial charge in [-0.25, -0.2) is 4.79 Å². The van der Waals surface area contributed by atoms with Gasteiger partial charge in [-0.2, -0.15) is 0 Å². The Labute approximate surface area is 390 Å². The van der Waals surface area contributed by atoms with Crippen LogP contribution in [0.4, 0.5) is 10.5 Å². The molecule has 0 aliphatic carbocycles. The normalized spacial score (nSPS) is 34.0. The van der Waals surface area contributed by atoms with Crippen molar-refractivity contribution in [2.45, 2.75) is 180 Å². The molecule has 66 heavy (non-hydrogen) atoms. The molecule has 18 heteroatoms. The van der Waals surface area contributed by atoms with Gasteiger partial charge in [0, 0.05) is 49.5 Å². The van der Waals surface area contributed by atoms with E-state index in [0.717, 1.165) is 5.56 Å². The molecule has 3 fully saturated rings. The Balaban J connectivity index is 1.47. The molecule has 2 aromatic rings. The summed E-state index contributed by atoms with van der Waals surface area (Å²) in [6.45, 7) is 19.5. The lowest BCUT2D eigenvalue weighted by atomic mass is 9.77. The predicted octanol–water partition coefficient (Wildman–Crippen LogP) is 5.00. The number of aryl methyl sites for hydroxylation is 1. The highest BCUT2D eigenvalue weighted by Gasteiger charge is 2.59. The Morgan fingerprint density at radius 1 is 1.09 bits per heavy atom. The monoisotopic (exact) mass is 928 g/mol. The second-order valence-corrected chi connectivity index (χ2v) is 20.4. The number of aromatic nitrogens is 3. The van der Waals surface area contributed by atoms with Crippen molar-refractivity contribution in [1.82, 2.24) is 30.1 Å². The van der Waals surface area contributed by atoms with Gasteiger partial charge in [0.1, 0.15) is 29.4 Å². The van der Waals surface area contributed by atoms with E-state index < -0.39 is 89.5 Å². The van der Waals surface area contributed by atoms with Gasteiger partial charge in [0.05, 0.1) is 36.5 Å². The Bertz CT molecular complexity index is 1980. The maximum atomic E-state index is 15.1. The molecule has 3 saturated heterocycles. The van der Waals surface area contributed by atoms with Gasteiger partial charge < -0.3 is 49.5 Å². The number of hydrogen-bond donors (Lipinski definition) is 3. The van der Waals surface area contributed by atoms with Crippen LogP contribution in [0.15, 0.2) is 30.5 Å². The summed E-state index contributed by atoms with van der Waals surface area (Å²) in [6.07, 6.45) is -1.48. The number of carbonyl (C=O) groups excluding carboxylic acids is 4. The molecule has 1 amide bonds. The highest BCUT2D eigenvalue weighted by molar-refractivity contribution is 6.03. The Morgan fingerprint density at radius 3 is 2.42 bits per heavy atom. The zero-order valence-electron chi connectivity index (χ0n) is 41.4. The number of benzene rings is 1. The van der Waals surface area contributed by atoms with Gasteiger partial charge in [0.25, 0.3) is 0 Å². The van der Waals surface area contributed by atoms with Gasteiger partial charge in [-0.1, -0.05) is 38.1 Å². The van der Waals surface area contributed by atoms with Crippen LogP contribution in [0, 0.1) is 17.8 Å². The fraction of sp³-hybridized carbons (Fsp3) is 0.750. The van der Waals surface area contributed by atoms with Crippen molar-refractivity contribution in [3.05, 3.63) is 30.5 Å². The number of nitrogen functional groups attached to an aromatic ring is 1. The number of rotatable bonds is 13. The third kappa shape index (κ3) is 12.5. The molecule has 0 spiro atoms. The average molecular weight is 928 g/mol. The first-order valence-electron chi connectivity index (χ1n) is 23.6. The van der Waals surface area contributed by atoms with Crippen LogP contribution >= 0.6 is 0 Å². The molecule has 4 N–H and O–H groups in total. The number of hydrogen-bond acceptors (Lipinski definition) is 16. The smallest absolute Gasteiger partial charge is 0.410 e. The van der Waals surface area contributed by atoms with E-state index in [9.17, 15) is 19.5 Å². The second kappa shape index (κ2) is 21.8. The second-order valence-electron chi connectivity index (χ2n) is 20.4. The van der Waals surface area contributed by atoms with Gasteiger partial charge in [0.2, 0.25) is 0 Å². The number of amides is 1. The van der Waals surface area contributed by atoms with Crippen LogP contribution in [-0.2, 0) is 49.3 Å². The average Bonchev–Trinajstić information content (AvgIpc) is 3.82. The van der Waals surface area contributed by atoms with Crippen LogP contribution in [0.5, 0.6) is 0 Å². The van der Waals surface area contributed by atoms with Crippen molar-refractivity contribution in [3.63, 3.8) is 0 Å². The molecule has 0 saturated carbocycles. The number of fused-ring (bicyclic) bond motifs is 1. The van der Waals surface area contributed by atoms with Crippen LogP contribution in [0.25, 0.3) is 11.3 Å². The SMILES string of the molecule is CC[C@H]1OC(=O)[C@H](CC(=O)OC(C)(C)C)C(=O)[C@H](C)[C@@H](O[C@@H]2O[C@H](C)CC(N(C)C)C2O)[C@](C)(OC)C[C@@H](C)CN[C@H](C)[C@H]2N(CCCCn3cc(-c4cccc(N)c4)nn3)C(=O)O[C@]12C. The summed E-state index contributed by atoms with van der Waals surface area (Å²) in [4.78, 5) is 61.0. The maximum absolute atomic E-state index is 15.1. The summed E-state index contributed by atoms with van der Waals surface area (Å²) in [5.74, 6) is -5.18. The van der Waals surface area contributed by atoms with Crippen LogP contribution in [-0.4, -0.2) is 154 Å². The largest absolute Gasteiger partial charge is 0.460 e. The summed E-state index contributed by atoms with van der Waals surface area (Å²) in [6, 6.07) is 6.14. The maximum Gasteiger partial charge on any atom is 0.410 e. The van der Waals surface area contributed by atoms with Crippen molar-refractivity contribution in [3.8, 4) is 11.3 Å². The highest BCUT2D eigenvalue weighted by atomic mass is 16.7. The van der Waals surface area contributed by atoms with Gasteiger partial charge in [-0.3, -0.25) is 24.0 Å². The summed E-state index contributed by atoms with van der Waals surface area (Å²) in [5, 5.41) is 23.9. The minimum atomic E-state index is -1.63. The lowest BCUT2D eigenvalue weighted by Crippen LogP contribution is -2.61. The van der Waals surface area contributed by atoms with Crippen molar-refractivity contribution in [1.29, 1.82) is 0 Å². The number of methoxy groups -OCH3 is 1. The van der Waals surface area contributed by atoms with Gasteiger partial charge in [0.15, 0.2) is 17.7 Å². The molecule has 13 atom stereocenters. The fourth-order valence-corrected chi connectivity index (χ4v) is 10.1. The molecule has 3 aliphatic heterocycles. The van der Waals surface area contributed by atoms with E-state index >= 15 is 4.79 Å². The van der Waals surface area contributed by atoms with E-state index in [-0.39, 0.29) is 30.5 Å². The number of ether oxygens (including phenoxy) is 6. The third-order valence-electron chi connectivity index (χ3n) is 13.5. The molecule has 18 nitrogen and oxygen atoms in total. The summed E-state index contributed by atoms with van der Waals surface area (Å²) < 4.78 is 39.3. The number of carbonyl (C=O) groups is 4. The number of esters is 2. The topological polar surface area (TPSA) is 219 Å². The Morgan fingerprint density at radius 2 is 1.79 bits per heavy atom. The molecule has 2 unspecified atom stereocenters. The van der Waals surface area contributed by atoms with E-state index in [1.54, 1.807) is 51.3 Å². The Kier molecular flexibility index (Phi) is 17.5.